The molecule has 1 atom stereocenters. The molecule has 0 radical (unpaired) electrons. The summed E-state index contributed by atoms with van der Waals surface area (Å²) < 4.78 is 31.1. The van der Waals surface area contributed by atoms with Crippen molar-refractivity contribution in [3.8, 4) is 11.1 Å². The van der Waals surface area contributed by atoms with E-state index in [-0.39, 0.29) is 49.0 Å². The van der Waals surface area contributed by atoms with Crippen LogP contribution in [0.25, 0.3) is 11.1 Å². The quantitative estimate of drug-likeness (QED) is 0.177. The molecule has 248 valence electrons. The van der Waals surface area contributed by atoms with Gasteiger partial charge < -0.3 is 24.7 Å². The normalized spacial score (nSPS) is 12.1. The minimum absolute atomic E-state index is 0.0107. The van der Waals surface area contributed by atoms with Gasteiger partial charge in [0.15, 0.2) is 5.78 Å². The van der Waals surface area contributed by atoms with Gasteiger partial charge in [0.25, 0.3) is 0 Å². The summed E-state index contributed by atoms with van der Waals surface area (Å²) in [6, 6.07) is 14.2. The van der Waals surface area contributed by atoms with Crippen molar-refractivity contribution < 1.29 is 33.1 Å². The second-order valence-electron chi connectivity index (χ2n) is 12.7. The SMILES string of the molecule is CC(=O)CCCC(=O)NCC(=O)CCCCN(C(=O)CO)C(c1cc(-c2cc(F)ccc2F)cn1Cc1ccccc1)C(C)(C)C. The van der Waals surface area contributed by atoms with Crippen molar-refractivity contribution in [2.45, 2.75) is 78.8 Å². The number of aromatic nitrogens is 1. The van der Waals surface area contributed by atoms with Gasteiger partial charge in [0.1, 0.15) is 24.0 Å². The molecule has 10 heteroatoms. The number of aliphatic hydroxyl groups is 1. The molecule has 2 amide bonds. The van der Waals surface area contributed by atoms with Crippen LogP contribution in [-0.2, 0) is 25.7 Å². The Hall–Kier alpha value is -4.18. The van der Waals surface area contributed by atoms with Crippen LogP contribution in [-0.4, -0.2) is 57.7 Å². The zero-order valence-electron chi connectivity index (χ0n) is 27.2. The fourth-order valence-corrected chi connectivity index (χ4v) is 5.58. The molecule has 3 rings (SSSR count). The molecule has 1 unspecified atom stereocenters. The Bertz CT molecular complexity index is 1500. The van der Waals surface area contributed by atoms with Gasteiger partial charge in [-0.25, -0.2) is 8.78 Å². The highest BCUT2D eigenvalue weighted by Crippen LogP contribution is 2.41. The van der Waals surface area contributed by atoms with Crippen LogP contribution in [0.4, 0.5) is 8.78 Å². The lowest BCUT2D eigenvalue weighted by Gasteiger charge is -2.41. The van der Waals surface area contributed by atoms with Crippen molar-refractivity contribution in [3.63, 3.8) is 0 Å². The number of rotatable bonds is 17. The second-order valence-corrected chi connectivity index (χ2v) is 12.7. The zero-order valence-corrected chi connectivity index (χ0v) is 27.2. The van der Waals surface area contributed by atoms with Crippen molar-refractivity contribution in [3.05, 3.63) is 83.7 Å². The molecule has 2 aromatic carbocycles. The second kappa shape index (κ2) is 16.9. The molecule has 0 fully saturated rings. The molecule has 0 bridgehead atoms. The predicted molar refractivity (Wildman–Crippen MR) is 173 cm³/mol. The Morgan fingerprint density at radius 3 is 2.30 bits per heavy atom. The first-order valence-electron chi connectivity index (χ1n) is 15.7. The lowest BCUT2D eigenvalue weighted by atomic mass is 9.82. The number of halogens is 2. The first kappa shape index (κ1) is 36.3. The highest BCUT2D eigenvalue weighted by atomic mass is 19.1. The van der Waals surface area contributed by atoms with Crippen LogP contribution in [0.5, 0.6) is 0 Å². The van der Waals surface area contributed by atoms with Gasteiger partial charge >= 0.3 is 0 Å². The Labute approximate surface area is 269 Å². The van der Waals surface area contributed by atoms with Gasteiger partial charge in [-0.3, -0.25) is 14.4 Å². The monoisotopic (exact) mass is 637 g/mol. The van der Waals surface area contributed by atoms with Crippen molar-refractivity contribution in [1.82, 2.24) is 14.8 Å². The van der Waals surface area contributed by atoms with Gasteiger partial charge in [-0.05, 0) is 61.4 Å². The lowest BCUT2D eigenvalue weighted by Crippen LogP contribution is -2.44. The van der Waals surface area contributed by atoms with E-state index in [0.717, 1.165) is 23.8 Å². The Kier molecular flexibility index (Phi) is 13.4. The van der Waals surface area contributed by atoms with Crippen molar-refractivity contribution in [1.29, 1.82) is 0 Å². The third-order valence-corrected chi connectivity index (χ3v) is 7.75. The van der Waals surface area contributed by atoms with Crippen LogP contribution in [0.3, 0.4) is 0 Å². The Morgan fingerprint density at radius 1 is 0.935 bits per heavy atom. The average Bonchev–Trinajstić information content (AvgIpc) is 3.40. The van der Waals surface area contributed by atoms with E-state index in [4.69, 9.17) is 0 Å². The first-order valence-corrected chi connectivity index (χ1v) is 15.7. The highest BCUT2D eigenvalue weighted by Gasteiger charge is 2.37. The summed E-state index contributed by atoms with van der Waals surface area (Å²) in [6.45, 7) is 7.22. The third kappa shape index (κ3) is 10.7. The van der Waals surface area contributed by atoms with E-state index < -0.39 is 35.6 Å². The van der Waals surface area contributed by atoms with E-state index in [1.165, 1.54) is 6.92 Å². The number of nitrogens with zero attached hydrogens (tertiary/aromatic N) is 2. The largest absolute Gasteiger partial charge is 0.387 e. The summed E-state index contributed by atoms with van der Waals surface area (Å²) in [5, 5.41) is 12.6. The molecule has 0 saturated carbocycles. The summed E-state index contributed by atoms with van der Waals surface area (Å²) >= 11 is 0. The van der Waals surface area contributed by atoms with Gasteiger partial charge in [-0.2, -0.15) is 0 Å². The number of benzene rings is 2. The molecule has 0 aliphatic carbocycles. The van der Waals surface area contributed by atoms with Crippen molar-refractivity contribution in [2.75, 3.05) is 19.7 Å². The van der Waals surface area contributed by atoms with Crippen LogP contribution in [0, 0.1) is 17.0 Å². The maximum Gasteiger partial charge on any atom is 0.248 e. The van der Waals surface area contributed by atoms with Gasteiger partial charge in [0.05, 0.1) is 12.6 Å². The number of nitrogens with one attached hydrogen (secondary N) is 1. The summed E-state index contributed by atoms with van der Waals surface area (Å²) in [5.41, 5.74) is 1.69. The molecule has 0 saturated heterocycles. The molecule has 2 N–H and O–H groups in total. The number of carbonyl (C=O) groups is 4. The standard InChI is InChI=1S/C36H45F2N3O5/c1-25(43)11-10-15-33(45)39-21-29(44)14-8-9-18-41(34(46)24-42)35(36(2,3)4)32-19-27(30-20-28(37)16-17-31(30)38)23-40(32)22-26-12-6-5-7-13-26/h5-7,12-13,16-17,19-20,23,35,42H,8-11,14-15,18,21-22,24H2,1-4H3,(H,39,45). The number of hydrogen-bond acceptors (Lipinski definition) is 5. The predicted octanol–water partition coefficient (Wildman–Crippen LogP) is 6.00. The van der Waals surface area contributed by atoms with E-state index in [9.17, 15) is 33.1 Å². The van der Waals surface area contributed by atoms with Crippen molar-refractivity contribution in [2.24, 2.45) is 5.41 Å². The number of ketones is 2. The maximum atomic E-state index is 14.9. The number of unbranched alkanes of at least 4 members (excludes halogenated alkanes) is 1. The highest BCUT2D eigenvalue weighted by molar-refractivity contribution is 5.86. The fraction of sp³-hybridized carbons (Fsp3) is 0.444. The number of Topliss-reactive ketones (excluding diaryl/α,β-unsaturated/α-hetero) is 2. The third-order valence-electron chi connectivity index (χ3n) is 7.75. The van der Waals surface area contributed by atoms with Gasteiger partial charge in [-0.1, -0.05) is 51.1 Å². The minimum Gasteiger partial charge on any atom is -0.387 e. The van der Waals surface area contributed by atoms with E-state index in [2.05, 4.69) is 5.32 Å². The molecular formula is C36H45F2N3O5. The molecule has 46 heavy (non-hydrogen) atoms. The van der Waals surface area contributed by atoms with Crippen LogP contribution >= 0.6 is 0 Å². The summed E-state index contributed by atoms with van der Waals surface area (Å²) in [4.78, 5) is 50.3. The smallest absolute Gasteiger partial charge is 0.248 e. The Morgan fingerprint density at radius 2 is 1.65 bits per heavy atom. The van der Waals surface area contributed by atoms with Gasteiger partial charge in [-0.15, -0.1) is 0 Å². The summed E-state index contributed by atoms with van der Waals surface area (Å²) in [7, 11) is 0. The number of amides is 2. The van der Waals surface area contributed by atoms with Crippen LogP contribution < -0.4 is 5.32 Å². The Balaban J connectivity index is 1.83. The van der Waals surface area contributed by atoms with Crippen LogP contribution in [0.15, 0.2) is 60.8 Å². The van der Waals surface area contributed by atoms with E-state index in [1.807, 2.05) is 55.7 Å². The molecule has 0 aliphatic heterocycles. The molecule has 1 heterocycles. The molecule has 1 aromatic heterocycles. The molecule has 0 spiro atoms. The number of carbonyl (C=O) groups excluding carboxylic acids is 4. The maximum absolute atomic E-state index is 14.9. The zero-order chi connectivity index (χ0) is 33.9. The fourth-order valence-electron chi connectivity index (χ4n) is 5.58. The van der Waals surface area contributed by atoms with E-state index in [1.54, 1.807) is 17.2 Å². The molecular weight excluding hydrogens is 592 g/mol. The lowest BCUT2D eigenvalue weighted by molar-refractivity contribution is -0.139. The first-order chi connectivity index (χ1) is 21.8. The summed E-state index contributed by atoms with van der Waals surface area (Å²) in [6.07, 6.45) is 3.80. The van der Waals surface area contributed by atoms with E-state index in [0.29, 0.717) is 43.5 Å². The average molecular weight is 638 g/mol. The number of aliphatic hydroxyl groups excluding tert-OH is 1. The number of hydrogen-bond donors (Lipinski definition) is 2. The van der Waals surface area contributed by atoms with Gasteiger partial charge in [0, 0.05) is 55.4 Å². The minimum atomic E-state index is -0.716. The topological polar surface area (TPSA) is 109 Å². The van der Waals surface area contributed by atoms with Gasteiger partial charge in [0.2, 0.25) is 11.8 Å². The summed E-state index contributed by atoms with van der Waals surface area (Å²) in [5.74, 6) is -2.05. The molecule has 3 aromatic rings. The molecule has 0 aliphatic rings. The van der Waals surface area contributed by atoms with Crippen LogP contribution in [0.2, 0.25) is 0 Å². The van der Waals surface area contributed by atoms with Crippen LogP contribution in [0.1, 0.15) is 83.5 Å². The molecule has 8 nitrogen and oxygen atoms in total. The van der Waals surface area contributed by atoms with Crippen molar-refractivity contribution >= 4 is 23.4 Å². The van der Waals surface area contributed by atoms with E-state index >= 15 is 0 Å².